The van der Waals surface area contributed by atoms with Crippen molar-refractivity contribution < 1.29 is 14.3 Å². The SMILES string of the molecule is CCN(CC(=O)N[C@@H](C)C1CC1)Cc1nc2cc(OC)c(OC)cc2c(=O)[nH]1. The van der Waals surface area contributed by atoms with Crippen LogP contribution in [0.1, 0.15) is 32.5 Å². The number of amides is 1. The Labute approximate surface area is 164 Å². The average molecular weight is 388 g/mol. The van der Waals surface area contributed by atoms with E-state index in [0.29, 0.717) is 47.2 Å². The van der Waals surface area contributed by atoms with E-state index in [-0.39, 0.29) is 24.1 Å². The van der Waals surface area contributed by atoms with Crippen molar-refractivity contribution in [2.75, 3.05) is 27.3 Å². The van der Waals surface area contributed by atoms with Crippen LogP contribution < -0.4 is 20.3 Å². The highest BCUT2D eigenvalue weighted by atomic mass is 16.5. The maximum absolute atomic E-state index is 12.5. The fourth-order valence-corrected chi connectivity index (χ4v) is 3.30. The van der Waals surface area contributed by atoms with E-state index in [1.54, 1.807) is 12.1 Å². The van der Waals surface area contributed by atoms with Gasteiger partial charge >= 0.3 is 0 Å². The maximum atomic E-state index is 12.5. The molecule has 0 unspecified atom stereocenters. The standard InChI is InChI=1S/C20H28N4O4/c1-5-24(11-19(25)21-12(2)13-6-7-13)10-18-22-15-9-17(28-4)16(27-3)8-14(15)20(26)23-18/h8-9,12-13H,5-7,10-11H2,1-4H3,(H,21,25)(H,22,23,26)/t12-/m0/s1. The van der Waals surface area contributed by atoms with E-state index in [9.17, 15) is 9.59 Å². The summed E-state index contributed by atoms with van der Waals surface area (Å²) in [5, 5.41) is 3.49. The van der Waals surface area contributed by atoms with E-state index in [2.05, 4.69) is 22.2 Å². The van der Waals surface area contributed by atoms with Crippen LogP contribution in [0.3, 0.4) is 0 Å². The van der Waals surface area contributed by atoms with Gasteiger partial charge in [-0.1, -0.05) is 6.92 Å². The summed E-state index contributed by atoms with van der Waals surface area (Å²) < 4.78 is 10.5. The number of nitrogens with one attached hydrogen (secondary N) is 2. The number of hydrogen-bond donors (Lipinski definition) is 2. The summed E-state index contributed by atoms with van der Waals surface area (Å²) in [4.78, 5) is 34.1. The third kappa shape index (κ3) is 4.62. The molecular formula is C20H28N4O4. The highest BCUT2D eigenvalue weighted by Crippen LogP contribution is 2.32. The minimum atomic E-state index is -0.246. The molecule has 28 heavy (non-hydrogen) atoms. The van der Waals surface area contributed by atoms with Gasteiger partial charge in [-0.15, -0.1) is 0 Å². The van der Waals surface area contributed by atoms with Crippen LogP contribution in [0.2, 0.25) is 0 Å². The first-order chi connectivity index (χ1) is 13.4. The number of fused-ring (bicyclic) bond motifs is 1. The summed E-state index contributed by atoms with van der Waals surface area (Å²) >= 11 is 0. The van der Waals surface area contributed by atoms with Gasteiger partial charge in [-0.25, -0.2) is 4.98 Å². The van der Waals surface area contributed by atoms with Gasteiger partial charge in [0.05, 0.1) is 38.2 Å². The Morgan fingerprint density at radius 1 is 1.32 bits per heavy atom. The maximum Gasteiger partial charge on any atom is 0.258 e. The van der Waals surface area contributed by atoms with E-state index < -0.39 is 0 Å². The zero-order valence-electron chi connectivity index (χ0n) is 16.9. The Balaban J connectivity index is 1.76. The molecule has 8 nitrogen and oxygen atoms in total. The smallest absolute Gasteiger partial charge is 0.258 e. The molecule has 3 rings (SSSR count). The minimum Gasteiger partial charge on any atom is -0.493 e. The lowest BCUT2D eigenvalue weighted by Gasteiger charge is -2.21. The number of hydrogen-bond acceptors (Lipinski definition) is 6. The molecular weight excluding hydrogens is 360 g/mol. The normalized spacial score (nSPS) is 14.9. The first-order valence-corrected chi connectivity index (χ1v) is 9.61. The second kappa shape index (κ2) is 8.60. The zero-order chi connectivity index (χ0) is 20.3. The molecule has 8 heteroatoms. The van der Waals surface area contributed by atoms with Crippen molar-refractivity contribution >= 4 is 16.8 Å². The molecule has 0 spiro atoms. The molecule has 0 saturated heterocycles. The molecule has 1 aromatic carbocycles. The van der Waals surface area contributed by atoms with Gasteiger partial charge in [0, 0.05) is 12.1 Å². The molecule has 1 aliphatic rings. The Bertz CT molecular complexity index is 907. The molecule has 1 aliphatic carbocycles. The van der Waals surface area contributed by atoms with E-state index in [1.165, 1.54) is 27.1 Å². The van der Waals surface area contributed by atoms with Crippen LogP contribution in [0.4, 0.5) is 0 Å². The summed E-state index contributed by atoms with van der Waals surface area (Å²) in [6.07, 6.45) is 2.38. The van der Waals surface area contributed by atoms with Gasteiger partial charge in [-0.05, 0) is 38.3 Å². The summed E-state index contributed by atoms with van der Waals surface area (Å²) in [5.74, 6) is 2.11. The van der Waals surface area contributed by atoms with Crippen LogP contribution >= 0.6 is 0 Å². The molecule has 1 saturated carbocycles. The number of likely N-dealkylation sites (N-methyl/N-ethyl adjacent to an activating group) is 1. The number of aromatic nitrogens is 2. The molecule has 1 aromatic heterocycles. The van der Waals surface area contributed by atoms with Gasteiger partial charge < -0.3 is 19.8 Å². The minimum absolute atomic E-state index is 0.00390. The van der Waals surface area contributed by atoms with Crippen molar-refractivity contribution in [2.24, 2.45) is 5.92 Å². The number of carbonyl (C=O) groups is 1. The molecule has 1 atom stereocenters. The van der Waals surface area contributed by atoms with Crippen LogP contribution in [0.5, 0.6) is 11.5 Å². The summed E-state index contributed by atoms with van der Waals surface area (Å²) in [6.45, 7) is 5.34. The fourth-order valence-electron chi connectivity index (χ4n) is 3.30. The molecule has 1 amide bonds. The summed E-state index contributed by atoms with van der Waals surface area (Å²) in [6, 6.07) is 3.52. The fraction of sp³-hybridized carbons (Fsp3) is 0.550. The highest BCUT2D eigenvalue weighted by molar-refractivity contribution is 5.82. The van der Waals surface area contributed by atoms with Gasteiger partial charge in [0.15, 0.2) is 11.5 Å². The second-order valence-electron chi connectivity index (χ2n) is 7.23. The second-order valence-corrected chi connectivity index (χ2v) is 7.23. The molecule has 2 N–H and O–H groups in total. The molecule has 2 aromatic rings. The Morgan fingerprint density at radius 2 is 2.00 bits per heavy atom. The van der Waals surface area contributed by atoms with Crippen LogP contribution in [-0.4, -0.2) is 54.1 Å². The largest absolute Gasteiger partial charge is 0.493 e. The number of benzene rings is 1. The quantitative estimate of drug-likeness (QED) is 0.678. The summed E-state index contributed by atoms with van der Waals surface area (Å²) in [7, 11) is 3.06. The lowest BCUT2D eigenvalue weighted by Crippen LogP contribution is -2.41. The number of H-pyrrole nitrogens is 1. The number of ether oxygens (including phenoxy) is 2. The topological polar surface area (TPSA) is 96.6 Å². The number of rotatable bonds is 9. The van der Waals surface area contributed by atoms with Gasteiger partial charge in [0.1, 0.15) is 5.82 Å². The van der Waals surface area contributed by atoms with Gasteiger partial charge in [0.2, 0.25) is 5.91 Å². The number of carbonyl (C=O) groups excluding carboxylic acids is 1. The summed E-state index contributed by atoms with van der Waals surface area (Å²) in [5.41, 5.74) is 0.281. The van der Waals surface area contributed by atoms with Crippen LogP contribution in [-0.2, 0) is 11.3 Å². The van der Waals surface area contributed by atoms with Crippen LogP contribution in [0.15, 0.2) is 16.9 Å². The van der Waals surface area contributed by atoms with E-state index in [4.69, 9.17) is 9.47 Å². The molecule has 0 radical (unpaired) electrons. The predicted octanol–water partition coefficient (Wildman–Crippen LogP) is 1.68. The molecule has 152 valence electrons. The van der Waals surface area contributed by atoms with Crippen molar-refractivity contribution in [3.8, 4) is 11.5 Å². The van der Waals surface area contributed by atoms with Crippen molar-refractivity contribution in [3.63, 3.8) is 0 Å². The van der Waals surface area contributed by atoms with Crippen molar-refractivity contribution in [3.05, 3.63) is 28.3 Å². The predicted molar refractivity (Wildman–Crippen MR) is 107 cm³/mol. The van der Waals surface area contributed by atoms with Gasteiger partial charge in [-0.2, -0.15) is 0 Å². The monoisotopic (exact) mass is 388 g/mol. The van der Waals surface area contributed by atoms with Crippen molar-refractivity contribution in [2.45, 2.75) is 39.3 Å². The van der Waals surface area contributed by atoms with Crippen molar-refractivity contribution in [1.82, 2.24) is 20.2 Å². The number of nitrogens with zero attached hydrogens (tertiary/aromatic N) is 2. The van der Waals surface area contributed by atoms with E-state index >= 15 is 0 Å². The Kier molecular flexibility index (Phi) is 6.18. The van der Waals surface area contributed by atoms with Gasteiger partial charge in [-0.3, -0.25) is 14.5 Å². The Hall–Kier alpha value is -2.61. The Morgan fingerprint density at radius 3 is 2.61 bits per heavy atom. The lowest BCUT2D eigenvalue weighted by molar-refractivity contribution is -0.123. The molecule has 1 heterocycles. The molecule has 0 aliphatic heterocycles. The van der Waals surface area contributed by atoms with Gasteiger partial charge in [0.25, 0.3) is 5.56 Å². The first kappa shape index (κ1) is 20.1. The van der Waals surface area contributed by atoms with E-state index in [1.807, 2.05) is 11.8 Å². The first-order valence-electron chi connectivity index (χ1n) is 9.61. The van der Waals surface area contributed by atoms with E-state index in [0.717, 1.165) is 0 Å². The average Bonchev–Trinajstić information content (AvgIpc) is 3.51. The number of methoxy groups -OCH3 is 2. The highest BCUT2D eigenvalue weighted by Gasteiger charge is 2.29. The molecule has 1 fully saturated rings. The van der Waals surface area contributed by atoms with Crippen molar-refractivity contribution in [1.29, 1.82) is 0 Å². The third-order valence-corrected chi connectivity index (χ3v) is 5.17. The number of aromatic amines is 1. The van der Waals surface area contributed by atoms with Crippen LogP contribution in [0, 0.1) is 5.92 Å². The van der Waals surface area contributed by atoms with Crippen LogP contribution in [0.25, 0.3) is 10.9 Å². The third-order valence-electron chi connectivity index (χ3n) is 5.17. The lowest BCUT2D eigenvalue weighted by atomic mass is 10.2. The zero-order valence-corrected chi connectivity index (χ0v) is 16.9. The molecule has 0 bridgehead atoms.